The fourth-order valence-corrected chi connectivity index (χ4v) is 6.09. The van der Waals surface area contributed by atoms with E-state index in [4.69, 9.17) is 27.9 Å². The van der Waals surface area contributed by atoms with Crippen LogP contribution in [0.5, 0.6) is 5.75 Å². The van der Waals surface area contributed by atoms with Crippen LogP contribution in [0.3, 0.4) is 0 Å². The molecule has 3 aromatic carbocycles. The molecular weight excluding hydrogens is 585 g/mol. The molecule has 11 heteroatoms. The predicted molar refractivity (Wildman–Crippen MR) is 163 cm³/mol. The molecule has 0 saturated carbocycles. The van der Waals surface area contributed by atoms with E-state index in [2.05, 4.69) is 5.32 Å². The summed E-state index contributed by atoms with van der Waals surface area (Å²) in [5.74, 6) is -0.372. The Hall–Kier alpha value is -3.27. The second kappa shape index (κ2) is 14.6. The number of sulfonamides is 1. The van der Waals surface area contributed by atoms with E-state index in [0.29, 0.717) is 34.2 Å². The number of amides is 2. The van der Waals surface area contributed by atoms with Crippen LogP contribution in [-0.4, -0.2) is 50.9 Å². The van der Waals surface area contributed by atoms with Crippen LogP contribution in [0.4, 0.5) is 5.69 Å². The summed E-state index contributed by atoms with van der Waals surface area (Å²) >= 11 is 12.5. The molecule has 1 N–H and O–H groups in total. The summed E-state index contributed by atoms with van der Waals surface area (Å²) in [5, 5.41) is 3.71. The first kappa shape index (κ1) is 32.2. The van der Waals surface area contributed by atoms with Gasteiger partial charge in [-0.3, -0.25) is 13.9 Å². The van der Waals surface area contributed by atoms with E-state index >= 15 is 0 Å². The van der Waals surface area contributed by atoms with Crippen LogP contribution in [0.15, 0.2) is 77.7 Å². The number of halogens is 2. The fourth-order valence-electron chi connectivity index (χ4n) is 4.19. The monoisotopic (exact) mass is 619 g/mol. The smallest absolute Gasteiger partial charge is 0.264 e. The molecule has 8 nitrogen and oxygen atoms in total. The van der Waals surface area contributed by atoms with Crippen LogP contribution in [-0.2, 0) is 26.2 Å². The molecule has 0 unspecified atom stereocenters. The molecule has 0 bridgehead atoms. The highest BCUT2D eigenvalue weighted by molar-refractivity contribution is 7.92. The summed E-state index contributed by atoms with van der Waals surface area (Å²) in [6.45, 7) is 5.05. The first-order valence-corrected chi connectivity index (χ1v) is 15.5. The summed E-state index contributed by atoms with van der Waals surface area (Å²) < 4.78 is 34.0. The number of ether oxygens (including phenoxy) is 1. The minimum Gasteiger partial charge on any atom is -0.497 e. The van der Waals surface area contributed by atoms with Gasteiger partial charge in [0.2, 0.25) is 11.8 Å². The highest BCUT2D eigenvalue weighted by atomic mass is 35.5. The summed E-state index contributed by atoms with van der Waals surface area (Å²) in [4.78, 5) is 28.9. The van der Waals surface area contributed by atoms with Crippen molar-refractivity contribution in [3.8, 4) is 5.75 Å². The van der Waals surface area contributed by atoms with Gasteiger partial charge in [0, 0.05) is 22.6 Å². The number of nitrogens with zero attached hydrogens (tertiary/aromatic N) is 2. The van der Waals surface area contributed by atoms with Crippen LogP contribution < -0.4 is 14.4 Å². The number of benzene rings is 3. The third kappa shape index (κ3) is 8.15. The van der Waals surface area contributed by atoms with Crippen molar-refractivity contribution in [2.75, 3.05) is 18.0 Å². The van der Waals surface area contributed by atoms with Gasteiger partial charge in [0.05, 0.1) is 17.7 Å². The lowest BCUT2D eigenvalue weighted by Crippen LogP contribution is -2.53. The average Bonchev–Trinajstić information content (AvgIpc) is 2.97. The van der Waals surface area contributed by atoms with Crippen molar-refractivity contribution >= 4 is 50.7 Å². The molecule has 3 aromatic rings. The van der Waals surface area contributed by atoms with Gasteiger partial charge in [-0.2, -0.15) is 0 Å². The van der Waals surface area contributed by atoms with Gasteiger partial charge in [0.15, 0.2) is 0 Å². The molecule has 0 aromatic heterocycles. The third-order valence-electron chi connectivity index (χ3n) is 6.71. The van der Waals surface area contributed by atoms with Crippen molar-refractivity contribution in [1.82, 2.24) is 10.2 Å². The number of carbonyl (C=O) groups excluding carboxylic acids is 2. The van der Waals surface area contributed by atoms with Gasteiger partial charge in [-0.25, -0.2) is 8.42 Å². The second-order valence-electron chi connectivity index (χ2n) is 9.52. The average molecular weight is 621 g/mol. The van der Waals surface area contributed by atoms with Gasteiger partial charge in [-0.1, -0.05) is 61.3 Å². The molecule has 2 amide bonds. The van der Waals surface area contributed by atoms with Crippen molar-refractivity contribution in [1.29, 1.82) is 0 Å². The summed E-state index contributed by atoms with van der Waals surface area (Å²) in [6.07, 6.45) is 1.01. The molecule has 0 fully saturated rings. The quantitative estimate of drug-likeness (QED) is 0.256. The molecule has 0 spiro atoms. The summed E-state index contributed by atoms with van der Waals surface area (Å²) in [6, 6.07) is 18.2. The number of rotatable bonds is 13. The zero-order valence-corrected chi connectivity index (χ0v) is 25.8. The van der Waals surface area contributed by atoms with Crippen LogP contribution in [0.2, 0.25) is 10.0 Å². The fraction of sp³-hybridized carbons (Fsp3) is 0.333. The number of hydrogen-bond acceptors (Lipinski definition) is 5. The molecule has 0 radical (unpaired) electrons. The van der Waals surface area contributed by atoms with Crippen LogP contribution in [0.1, 0.15) is 39.2 Å². The number of hydrogen-bond donors (Lipinski definition) is 1. The molecule has 0 aliphatic carbocycles. The number of carbonyl (C=O) groups is 2. The van der Waals surface area contributed by atoms with E-state index in [9.17, 15) is 18.0 Å². The summed E-state index contributed by atoms with van der Waals surface area (Å²) in [5.41, 5.74) is 0.839. The Kier molecular flexibility index (Phi) is 11.5. The van der Waals surface area contributed by atoms with Gasteiger partial charge in [-0.05, 0) is 73.9 Å². The third-order valence-corrected chi connectivity index (χ3v) is 9.09. The van der Waals surface area contributed by atoms with Crippen molar-refractivity contribution in [2.45, 2.75) is 57.1 Å². The molecule has 0 aliphatic heterocycles. The van der Waals surface area contributed by atoms with Gasteiger partial charge in [0.25, 0.3) is 10.0 Å². The Morgan fingerprint density at radius 3 is 2.17 bits per heavy atom. The van der Waals surface area contributed by atoms with E-state index in [1.807, 2.05) is 13.8 Å². The predicted octanol–water partition coefficient (Wildman–Crippen LogP) is 5.92. The lowest BCUT2D eigenvalue weighted by molar-refractivity contribution is -0.140. The first-order valence-electron chi connectivity index (χ1n) is 13.3. The number of methoxy groups -OCH3 is 1. The second-order valence-corrected chi connectivity index (χ2v) is 12.2. The SMILES string of the molecule is CC[C@@H](C)NC(=O)[C@H](CC)N(Cc1ccc(Cl)cc1Cl)C(=O)CN(c1ccc(OC)cc1)S(=O)(=O)c1ccccc1. The lowest BCUT2D eigenvalue weighted by Gasteiger charge is -2.34. The van der Waals surface area contributed by atoms with E-state index in [1.54, 1.807) is 67.6 Å². The molecule has 2 atom stereocenters. The normalized spacial score (nSPS) is 12.7. The molecule has 220 valence electrons. The number of nitrogens with one attached hydrogen (secondary N) is 1. The Morgan fingerprint density at radius 1 is 0.951 bits per heavy atom. The molecule has 3 rings (SSSR count). The Labute approximate surface area is 252 Å². The van der Waals surface area contributed by atoms with Crippen molar-refractivity contribution in [3.63, 3.8) is 0 Å². The highest BCUT2D eigenvalue weighted by Crippen LogP contribution is 2.28. The molecular formula is C30H35Cl2N3O5S. The molecule has 0 saturated heterocycles. The van der Waals surface area contributed by atoms with Crippen LogP contribution in [0, 0.1) is 0 Å². The summed E-state index contributed by atoms with van der Waals surface area (Å²) in [7, 11) is -2.66. The molecule has 41 heavy (non-hydrogen) atoms. The Bertz CT molecular complexity index is 1440. The zero-order valence-electron chi connectivity index (χ0n) is 23.5. The zero-order chi connectivity index (χ0) is 30.2. The Morgan fingerprint density at radius 2 is 1.61 bits per heavy atom. The van der Waals surface area contributed by atoms with E-state index in [1.165, 1.54) is 24.1 Å². The van der Waals surface area contributed by atoms with Crippen molar-refractivity contribution in [2.24, 2.45) is 0 Å². The standard InChI is InChI=1S/C30H35Cl2N3O5S/c1-5-21(3)33-30(37)28(6-2)34(19-22-12-13-23(31)18-27(22)32)29(36)20-35(24-14-16-25(40-4)17-15-24)41(38,39)26-10-8-7-9-11-26/h7-18,21,28H,5-6,19-20H2,1-4H3,(H,33,37)/t21-,28+/m1/s1. The maximum atomic E-state index is 14.1. The van der Waals surface area contributed by atoms with Gasteiger partial charge in [-0.15, -0.1) is 0 Å². The minimum atomic E-state index is -4.16. The maximum Gasteiger partial charge on any atom is 0.264 e. The van der Waals surface area contributed by atoms with Crippen molar-refractivity contribution in [3.05, 3.63) is 88.4 Å². The van der Waals surface area contributed by atoms with E-state index in [-0.39, 0.29) is 29.1 Å². The first-order chi connectivity index (χ1) is 19.5. The Balaban J connectivity index is 2.07. The van der Waals surface area contributed by atoms with Gasteiger partial charge < -0.3 is 15.0 Å². The van der Waals surface area contributed by atoms with Gasteiger partial charge >= 0.3 is 0 Å². The van der Waals surface area contributed by atoms with Crippen LogP contribution in [0.25, 0.3) is 0 Å². The van der Waals surface area contributed by atoms with E-state index < -0.39 is 28.5 Å². The minimum absolute atomic E-state index is 0.0247. The lowest BCUT2D eigenvalue weighted by atomic mass is 10.1. The molecule has 0 heterocycles. The highest BCUT2D eigenvalue weighted by Gasteiger charge is 2.34. The molecule has 0 aliphatic rings. The number of anilines is 1. The van der Waals surface area contributed by atoms with E-state index in [0.717, 1.165) is 4.31 Å². The van der Waals surface area contributed by atoms with Crippen LogP contribution >= 0.6 is 23.2 Å². The maximum absolute atomic E-state index is 14.1. The van der Waals surface area contributed by atoms with Gasteiger partial charge in [0.1, 0.15) is 18.3 Å². The topological polar surface area (TPSA) is 96.0 Å². The largest absolute Gasteiger partial charge is 0.497 e. The van der Waals surface area contributed by atoms with Crippen molar-refractivity contribution < 1.29 is 22.7 Å².